The molecule has 0 amide bonds. The normalized spacial score (nSPS) is 21.4. The number of likely N-dealkylation sites (tertiary alicyclic amines) is 1. The summed E-state index contributed by atoms with van der Waals surface area (Å²) in [5, 5.41) is 0.416. The first-order chi connectivity index (χ1) is 10.1. The molecule has 1 aromatic carbocycles. The third-order valence-corrected chi connectivity index (χ3v) is 4.12. The van der Waals surface area contributed by atoms with Crippen molar-refractivity contribution in [3.8, 4) is 0 Å². The molecule has 5 heteroatoms. The summed E-state index contributed by atoms with van der Waals surface area (Å²) in [5.41, 5.74) is 6.78. The molecule has 0 aromatic heterocycles. The maximum Gasteiger partial charge on any atom is 0.125 e. The minimum absolute atomic E-state index is 0.00812. The van der Waals surface area contributed by atoms with E-state index in [4.69, 9.17) is 22.1 Å². The lowest BCUT2D eigenvalue weighted by Gasteiger charge is -2.38. The topological polar surface area (TPSA) is 38.5 Å². The van der Waals surface area contributed by atoms with Gasteiger partial charge in [-0.1, -0.05) is 18.5 Å². The lowest BCUT2D eigenvalue weighted by molar-refractivity contribution is -0.0118. The zero-order valence-corrected chi connectivity index (χ0v) is 13.3. The highest BCUT2D eigenvalue weighted by Gasteiger charge is 2.27. The molecule has 2 rings (SSSR count). The van der Waals surface area contributed by atoms with Gasteiger partial charge in [0.2, 0.25) is 0 Å². The fourth-order valence-electron chi connectivity index (χ4n) is 2.93. The van der Waals surface area contributed by atoms with Crippen LogP contribution in [-0.4, -0.2) is 37.2 Å². The predicted octanol–water partition coefficient (Wildman–Crippen LogP) is 3.37. The van der Waals surface area contributed by atoms with Crippen LogP contribution in [0.5, 0.6) is 0 Å². The molecule has 1 fully saturated rings. The van der Waals surface area contributed by atoms with Crippen LogP contribution in [0.2, 0.25) is 5.02 Å². The minimum Gasteiger partial charge on any atom is -0.377 e. The van der Waals surface area contributed by atoms with Crippen LogP contribution in [-0.2, 0) is 4.74 Å². The van der Waals surface area contributed by atoms with Crippen LogP contribution in [0.1, 0.15) is 37.8 Å². The molecular weight excluding hydrogens is 291 g/mol. The van der Waals surface area contributed by atoms with Gasteiger partial charge in [0.05, 0.1) is 6.10 Å². The van der Waals surface area contributed by atoms with Gasteiger partial charge in [-0.25, -0.2) is 4.39 Å². The van der Waals surface area contributed by atoms with Crippen molar-refractivity contribution in [1.29, 1.82) is 0 Å². The Bertz CT molecular complexity index is 438. The Morgan fingerprint density at radius 3 is 2.95 bits per heavy atom. The third-order valence-electron chi connectivity index (χ3n) is 3.90. The van der Waals surface area contributed by atoms with E-state index in [1.54, 1.807) is 6.07 Å². The van der Waals surface area contributed by atoms with E-state index in [-0.39, 0.29) is 18.0 Å². The summed E-state index contributed by atoms with van der Waals surface area (Å²) in [5.74, 6) is -0.313. The first-order valence-electron chi connectivity index (χ1n) is 7.65. The van der Waals surface area contributed by atoms with Crippen molar-refractivity contribution in [2.75, 3.05) is 26.2 Å². The molecule has 0 spiro atoms. The standard InChI is InChI=1S/C16H24ClFN2O/c1-2-6-21-15-4-3-5-20(11-15)16(10-19)12-7-13(17)9-14(18)8-12/h7-9,15-16H,2-6,10-11,19H2,1H3. The number of hydrogen-bond donors (Lipinski definition) is 1. The van der Waals surface area contributed by atoms with Crippen LogP contribution in [0, 0.1) is 5.82 Å². The summed E-state index contributed by atoms with van der Waals surface area (Å²) in [6.07, 6.45) is 3.43. The molecule has 0 saturated carbocycles. The van der Waals surface area contributed by atoms with Crippen molar-refractivity contribution >= 4 is 11.6 Å². The SMILES string of the molecule is CCCOC1CCCN(C(CN)c2cc(F)cc(Cl)c2)C1. The second-order valence-electron chi connectivity index (χ2n) is 5.58. The van der Waals surface area contributed by atoms with E-state index in [1.807, 2.05) is 0 Å². The number of rotatable bonds is 6. The number of nitrogens with zero attached hydrogens (tertiary/aromatic N) is 1. The van der Waals surface area contributed by atoms with Crippen LogP contribution in [0.15, 0.2) is 18.2 Å². The number of ether oxygens (including phenoxy) is 1. The maximum absolute atomic E-state index is 13.6. The summed E-state index contributed by atoms with van der Waals surface area (Å²) >= 11 is 5.96. The van der Waals surface area contributed by atoms with Gasteiger partial charge in [-0.15, -0.1) is 0 Å². The molecule has 1 aliphatic rings. The molecule has 1 aliphatic heterocycles. The van der Waals surface area contributed by atoms with E-state index >= 15 is 0 Å². The van der Waals surface area contributed by atoms with Gasteiger partial charge in [0, 0.05) is 30.8 Å². The Morgan fingerprint density at radius 2 is 2.29 bits per heavy atom. The van der Waals surface area contributed by atoms with Gasteiger partial charge in [-0.3, -0.25) is 4.90 Å². The summed E-state index contributed by atoms with van der Waals surface area (Å²) < 4.78 is 19.4. The van der Waals surface area contributed by atoms with Crippen LogP contribution >= 0.6 is 11.6 Å². The van der Waals surface area contributed by atoms with Crippen molar-refractivity contribution in [2.24, 2.45) is 5.73 Å². The minimum atomic E-state index is -0.313. The van der Waals surface area contributed by atoms with Crippen LogP contribution in [0.3, 0.4) is 0 Å². The molecule has 3 nitrogen and oxygen atoms in total. The molecule has 1 aromatic rings. The molecule has 0 aliphatic carbocycles. The smallest absolute Gasteiger partial charge is 0.125 e. The van der Waals surface area contributed by atoms with Crippen molar-refractivity contribution in [2.45, 2.75) is 38.3 Å². The summed E-state index contributed by atoms with van der Waals surface area (Å²) in [7, 11) is 0. The molecule has 0 bridgehead atoms. The second-order valence-corrected chi connectivity index (χ2v) is 6.02. The molecule has 2 unspecified atom stereocenters. The lowest BCUT2D eigenvalue weighted by atomic mass is 10.0. The van der Waals surface area contributed by atoms with Gasteiger partial charge in [0.25, 0.3) is 0 Å². The molecule has 2 N–H and O–H groups in total. The maximum atomic E-state index is 13.6. The van der Waals surface area contributed by atoms with Gasteiger partial charge >= 0.3 is 0 Å². The van der Waals surface area contributed by atoms with Crippen LogP contribution < -0.4 is 5.73 Å². The van der Waals surface area contributed by atoms with Crippen LogP contribution in [0.4, 0.5) is 4.39 Å². The molecule has 2 atom stereocenters. The van der Waals surface area contributed by atoms with Gasteiger partial charge in [-0.05, 0) is 49.6 Å². The highest BCUT2D eigenvalue weighted by atomic mass is 35.5. The van der Waals surface area contributed by atoms with E-state index in [2.05, 4.69) is 11.8 Å². The average Bonchev–Trinajstić information content (AvgIpc) is 2.45. The third kappa shape index (κ3) is 4.65. The Labute approximate surface area is 131 Å². The van der Waals surface area contributed by atoms with Crippen molar-refractivity contribution in [3.05, 3.63) is 34.6 Å². The van der Waals surface area contributed by atoms with E-state index in [9.17, 15) is 4.39 Å². The lowest BCUT2D eigenvalue weighted by Crippen LogP contribution is -2.44. The molecule has 1 saturated heterocycles. The summed E-state index contributed by atoms with van der Waals surface area (Å²) in [6, 6.07) is 4.65. The Hall–Kier alpha value is -0.680. The molecule has 21 heavy (non-hydrogen) atoms. The van der Waals surface area contributed by atoms with Crippen molar-refractivity contribution in [3.63, 3.8) is 0 Å². The highest BCUT2D eigenvalue weighted by Crippen LogP contribution is 2.27. The summed E-state index contributed by atoms with van der Waals surface area (Å²) in [6.45, 7) is 5.15. The van der Waals surface area contributed by atoms with Gasteiger partial charge < -0.3 is 10.5 Å². The first-order valence-corrected chi connectivity index (χ1v) is 8.03. The monoisotopic (exact) mass is 314 g/mol. The predicted molar refractivity (Wildman–Crippen MR) is 84.0 cm³/mol. The number of halogens is 2. The fourth-order valence-corrected chi connectivity index (χ4v) is 3.16. The molecular formula is C16H24ClFN2O. The van der Waals surface area contributed by atoms with Gasteiger partial charge in [0.1, 0.15) is 5.82 Å². The summed E-state index contributed by atoms with van der Waals surface area (Å²) in [4.78, 5) is 2.29. The van der Waals surface area contributed by atoms with E-state index in [0.29, 0.717) is 11.6 Å². The molecule has 0 radical (unpaired) electrons. The number of benzene rings is 1. The largest absolute Gasteiger partial charge is 0.377 e. The van der Waals surface area contributed by atoms with Gasteiger partial charge in [0.15, 0.2) is 0 Å². The quantitative estimate of drug-likeness (QED) is 0.875. The molecule has 118 valence electrons. The van der Waals surface area contributed by atoms with Gasteiger partial charge in [-0.2, -0.15) is 0 Å². The van der Waals surface area contributed by atoms with E-state index < -0.39 is 0 Å². The average molecular weight is 315 g/mol. The van der Waals surface area contributed by atoms with Crippen LogP contribution in [0.25, 0.3) is 0 Å². The Balaban J connectivity index is 2.09. The fraction of sp³-hybridized carbons (Fsp3) is 0.625. The molecule has 1 heterocycles. The van der Waals surface area contributed by atoms with Crippen molar-refractivity contribution in [1.82, 2.24) is 4.90 Å². The highest BCUT2D eigenvalue weighted by molar-refractivity contribution is 6.30. The van der Waals surface area contributed by atoms with E-state index in [1.165, 1.54) is 12.1 Å². The zero-order valence-electron chi connectivity index (χ0n) is 12.5. The zero-order chi connectivity index (χ0) is 15.2. The number of piperidine rings is 1. The Kier molecular flexibility index (Phi) is 6.42. The number of hydrogen-bond acceptors (Lipinski definition) is 3. The van der Waals surface area contributed by atoms with E-state index in [0.717, 1.165) is 44.5 Å². The second kappa shape index (κ2) is 8.08. The number of nitrogens with two attached hydrogens (primary N) is 1. The Morgan fingerprint density at radius 1 is 1.48 bits per heavy atom. The van der Waals surface area contributed by atoms with Crippen molar-refractivity contribution < 1.29 is 9.13 Å². The first kappa shape index (κ1) is 16.7.